The first kappa shape index (κ1) is 16.1. The van der Waals surface area contributed by atoms with E-state index in [9.17, 15) is 0 Å². The third-order valence-electron chi connectivity index (χ3n) is 3.93. The van der Waals surface area contributed by atoms with Gasteiger partial charge in [0.15, 0.2) is 5.58 Å². The van der Waals surface area contributed by atoms with Gasteiger partial charge in [-0.2, -0.15) is 5.10 Å². The number of oxazole rings is 1. The largest absolute Gasteiger partial charge is 0.493 e. The number of hydrogen-bond acceptors (Lipinski definition) is 6. The van der Waals surface area contributed by atoms with Crippen molar-refractivity contribution in [2.75, 3.05) is 6.61 Å². The number of aryl methyl sites for hydroxylation is 1. The molecule has 4 aromatic rings. The molecule has 0 radical (unpaired) electrons. The van der Waals surface area contributed by atoms with E-state index in [1.54, 1.807) is 15.9 Å². The summed E-state index contributed by atoms with van der Waals surface area (Å²) in [5, 5.41) is 5.54. The minimum atomic E-state index is 0.505. The summed E-state index contributed by atoms with van der Waals surface area (Å²) in [5.41, 5.74) is 2.19. The molecule has 130 valence electrons. The van der Waals surface area contributed by atoms with E-state index in [1.807, 2.05) is 24.4 Å². The highest BCUT2D eigenvalue weighted by Crippen LogP contribution is 2.28. The van der Waals surface area contributed by atoms with Gasteiger partial charge < -0.3 is 9.15 Å². The van der Waals surface area contributed by atoms with Crippen LogP contribution in [0.25, 0.3) is 27.6 Å². The van der Waals surface area contributed by atoms with Crippen LogP contribution in [0.15, 0.2) is 28.8 Å². The van der Waals surface area contributed by atoms with Gasteiger partial charge in [0, 0.05) is 6.07 Å². The van der Waals surface area contributed by atoms with Gasteiger partial charge in [0.25, 0.3) is 0 Å². The van der Waals surface area contributed by atoms with Crippen molar-refractivity contribution >= 4 is 27.4 Å². The van der Waals surface area contributed by atoms with Gasteiger partial charge in [0.1, 0.15) is 22.0 Å². The van der Waals surface area contributed by atoms with E-state index >= 15 is 0 Å². The fourth-order valence-electron chi connectivity index (χ4n) is 2.50. The highest BCUT2D eigenvalue weighted by Gasteiger charge is 2.15. The van der Waals surface area contributed by atoms with Gasteiger partial charge >= 0.3 is 0 Å². The lowest BCUT2D eigenvalue weighted by molar-refractivity contribution is 0.289. The Bertz CT molecular complexity index is 983. The molecule has 1 aromatic carbocycles. The van der Waals surface area contributed by atoms with Gasteiger partial charge in [-0.3, -0.25) is 0 Å². The predicted octanol–water partition coefficient (Wildman–Crippen LogP) is 4.59. The van der Waals surface area contributed by atoms with Crippen LogP contribution in [0.4, 0.5) is 0 Å². The first-order valence-corrected chi connectivity index (χ1v) is 9.33. The van der Waals surface area contributed by atoms with Crippen molar-refractivity contribution in [1.82, 2.24) is 19.6 Å². The number of hydrogen-bond donors (Lipinski definition) is 0. The average Bonchev–Trinajstić information content (AvgIpc) is 3.25. The van der Waals surface area contributed by atoms with Crippen LogP contribution in [0.2, 0.25) is 0 Å². The molecule has 3 heterocycles. The van der Waals surface area contributed by atoms with Gasteiger partial charge in [-0.25, -0.2) is 14.5 Å². The van der Waals surface area contributed by atoms with Crippen LogP contribution in [0.3, 0.4) is 0 Å². The van der Waals surface area contributed by atoms with Crippen molar-refractivity contribution in [3.8, 4) is 17.3 Å². The van der Waals surface area contributed by atoms with Crippen LogP contribution in [0, 0.1) is 5.92 Å². The summed E-state index contributed by atoms with van der Waals surface area (Å²) in [7, 11) is 0. The van der Waals surface area contributed by atoms with Crippen molar-refractivity contribution in [1.29, 1.82) is 0 Å². The molecule has 25 heavy (non-hydrogen) atoms. The molecule has 0 N–H and O–H groups in total. The topological polar surface area (TPSA) is 65.5 Å². The summed E-state index contributed by atoms with van der Waals surface area (Å²) in [4.78, 5) is 9.95. The van der Waals surface area contributed by atoms with Crippen LogP contribution in [-0.2, 0) is 6.42 Å². The molecule has 4 rings (SSSR count). The maximum absolute atomic E-state index is 5.89. The number of imidazole rings is 1. The van der Waals surface area contributed by atoms with E-state index in [0.29, 0.717) is 29.7 Å². The standard InChI is InChI=1S/C18H20N4O2S/c1-4-16-21-22-10-14(20-18(22)25-16)17-19-13-6-5-12(9-15(13)24-17)23-8-7-11(2)3/h5-6,9-11H,4,7-8H2,1-3H3. The molecule has 0 saturated heterocycles. The normalized spacial score (nSPS) is 11.8. The fourth-order valence-corrected chi connectivity index (χ4v) is 3.32. The molecule has 0 amide bonds. The van der Waals surface area contributed by atoms with Crippen LogP contribution in [0.1, 0.15) is 32.2 Å². The van der Waals surface area contributed by atoms with Crippen LogP contribution in [0.5, 0.6) is 5.75 Å². The summed E-state index contributed by atoms with van der Waals surface area (Å²) < 4.78 is 13.5. The maximum atomic E-state index is 5.89. The van der Waals surface area contributed by atoms with Crippen LogP contribution < -0.4 is 4.74 Å². The van der Waals surface area contributed by atoms with E-state index in [0.717, 1.165) is 34.1 Å². The molecule has 3 aromatic heterocycles. The van der Waals surface area contributed by atoms with Gasteiger partial charge in [0.05, 0.1) is 12.8 Å². The second-order valence-electron chi connectivity index (χ2n) is 6.38. The number of aromatic nitrogens is 4. The Morgan fingerprint density at radius 1 is 1.28 bits per heavy atom. The number of fused-ring (bicyclic) bond motifs is 2. The summed E-state index contributed by atoms with van der Waals surface area (Å²) >= 11 is 1.58. The zero-order valence-electron chi connectivity index (χ0n) is 14.5. The third-order valence-corrected chi connectivity index (χ3v) is 5.00. The number of ether oxygens (including phenoxy) is 1. The molecule has 0 aliphatic rings. The van der Waals surface area contributed by atoms with Crippen LogP contribution >= 0.6 is 11.3 Å². The lowest BCUT2D eigenvalue weighted by atomic mass is 10.1. The maximum Gasteiger partial charge on any atom is 0.247 e. The van der Waals surface area contributed by atoms with Crippen molar-refractivity contribution in [2.45, 2.75) is 33.6 Å². The molecule has 0 bridgehead atoms. The van der Waals surface area contributed by atoms with Crippen molar-refractivity contribution in [3.05, 3.63) is 29.4 Å². The lowest BCUT2D eigenvalue weighted by Gasteiger charge is -2.07. The summed E-state index contributed by atoms with van der Waals surface area (Å²) in [6.45, 7) is 7.15. The van der Waals surface area contributed by atoms with Crippen LogP contribution in [-0.4, -0.2) is 26.2 Å². The Balaban J connectivity index is 1.59. The highest BCUT2D eigenvalue weighted by atomic mass is 32.1. The molecule has 0 aliphatic heterocycles. The minimum Gasteiger partial charge on any atom is -0.493 e. The zero-order valence-corrected chi connectivity index (χ0v) is 15.3. The van der Waals surface area contributed by atoms with E-state index < -0.39 is 0 Å². The third kappa shape index (κ3) is 3.24. The molecule has 0 spiro atoms. The molecule has 0 unspecified atom stereocenters. The van der Waals surface area contributed by atoms with Crippen molar-refractivity contribution in [3.63, 3.8) is 0 Å². The van der Waals surface area contributed by atoms with E-state index in [2.05, 4.69) is 35.8 Å². The first-order valence-electron chi connectivity index (χ1n) is 8.51. The molecule has 6 nitrogen and oxygen atoms in total. The Morgan fingerprint density at radius 3 is 2.92 bits per heavy atom. The van der Waals surface area contributed by atoms with E-state index in [-0.39, 0.29) is 0 Å². The Kier molecular flexibility index (Phi) is 4.17. The monoisotopic (exact) mass is 356 g/mol. The molecular weight excluding hydrogens is 336 g/mol. The molecule has 0 saturated carbocycles. The molecule has 7 heteroatoms. The molecule has 0 fully saturated rings. The number of rotatable bonds is 6. The number of nitrogens with zero attached hydrogens (tertiary/aromatic N) is 4. The van der Waals surface area contributed by atoms with Gasteiger partial charge in [-0.1, -0.05) is 32.1 Å². The molecule has 0 aliphatic carbocycles. The summed E-state index contributed by atoms with van der Waals surface area (Å²) in [5.74, 6) is 1.93. The zero-order chi connectivity index (χ0) is 17.4. The van der Waals surface area contributed by atoms with Gasteiger partial charge in [0.2, 0.25) is 10.9 Å². The molecule has 0 atom stereocenters. The lowest BCUT2D eigenvalue weighted by Crippen LogP contribution is -2.00. The second kappa shape index (κ2) is 6.48. The smallest absolute Gasteiger partial charge is 0.247 e. The quantitative estimate of drug-likeness (QED) is 0.506. The first-order chi connectivity index (χ1) is 12.1. The average molecular weight is 356 g/mol. The highest BCUT2D eigenvalue weighted by molar-refractivity contribution is 7.16. The SMILES string of the molecule is CCc1nn2cc(-c3nc4ccc(OCCC(C)C)cc4o3)nc2s1. The van der Waals surface area contributed by atoms with Crippen molar-refractivity contribution in [2.24, 2.45) is 5.92 Å². The number of benzene rings is 1. The minimum absolute atomic E-state index is 0.505. The Labute approximate surface area is 149 Å². The van der Waals surface area contributed by atoms with E-state index in [1.165, 1.54) is 0 Å². The Morgan fingerprint density at radius 2 is 2.16 bits per heavy atom. The summed E-state index contributed by atoms with van der Waals surface area (Å²) in [6, 6.07) is 5.73. The summed E-state index contributed by atoms with van der Waals surface area (Å²) in [6.07, 6.45) is 3.79. The molecular formula is C18H20N4O2S. The Hall–Kier alpha value is -2.41. The van der Waals surface area contributed by atoms with Crippen molar-refractivity contribution < 1.29 is 9.15 Å². The fraction of sp³-hybridized carbons (Fsp3) is 0.389. The van der Waals surface area contributed by atoms with E-state index in [4.69, 9.17) is 9.15 Å². The predicted molar refractivity (Wildman–Crippen MR) is 98.2 cm³/mol. The van der Waals surface area contributed by atoms with Gasteiger partial charge in [-0.15, -0.1) is 0 Å². The second-order valence-corrected chi connectivity index (χ2v) is 7.42. The van der Waals surface area contributed by atoms with Gasteiger partial charge in [-0.05, 0) is 30.9 Å².